The van der Waals surface area contributed by atoms with Crippen LogP contribution < -0.4 is 0 Å². The summed E-state index contributed by atoms with van der Waals surface area (Å²) in [6.07, 6.45) is 1.02. The number of piperidine rings is 1. The predicted molar refractivity (Wildman–Crippen MR) is 57.9 cm³/mol. The third-order valence-corrected chi connectivity index (χ3v) is 2.99. The molecular weight excluding hydrogens is 210 g/mol. The number of aliphatic carboxylic acids is 1. The van der Waals surface area contributed by atoms with Crippen LogP contribution in [0.3, 0.4) is 0 Å². The van der Waals surface area contributed by atoms with Crippen LogP contribution in [0.4, 0.5) is 0 Å². The third-order valence-electron chi connectivity index (χ3n) is 2.99. The SMILES string of the molecule is CC1CN(C(=O)CCCC(=O)O)CCC1O. The van der Waals surface area contributed by atoms with Crippen molar-refractivity contribution in [1.82, 2.24) is 4.90 Å². The molecule has 1 rings (SSSR count). The molecule has 2 N–H and O–H groups in total. The molecule has 0 bridgehead atoms. The van der Waals surface area contributed by atoms with Crippen molar-refractivity contribution in [3.63, 3.8) is 0 Å². The van der Waals surface area contributed by atoms with Gasteiger partial charge in [0.2, 0.25) is 5.91 Å². The molecule has 0 aromatic rings. The smallest absolute Gasteiger partial charge is 0.303 e. The maximum absolute atomic E-state index is 11.7. The average Bonchev–Trinajstić information content (AvgIpc) is 2.21. The third kappa shape index (κ3) is 3.81. The van der Waals surface area contributed by atoms with Crippen LogP contribution in [0.1, 0.15) is 32.6 Å². The highest BCUT2D eigenvalue weighted by Crippen LogP contribution is 2.17. The number of hydrogen-bond donors (Lipinski definition) is 2. The highest BCUT2D eigenvalue weighted by molar-refractivity contribution is 5.77. The van der Waals surface area contributed by atoms with Gasteiger partial charge in [-0.05, 0) is 18.8 Å². The zero-order valence-electron chi connectivity index (χ0n) is 9.56. The van der Waals surface area contributed by atoms with Gasteiger partial charge in [0.25, 0.3) is 0 Å². The number of aliphatic hydroxyl groups excluding tert-OH is 1. The Kier molecular flexibility index (Phi) is 4.73. The summed E-state index contributed by atoms with van der Waals surface area (Å²) >= 11 is 0. The van der Waals surface area contributed by atoms with Gasteiger partial charge in [-0.2, -0.15) is 0 Å². The lowest BCUT2D eigenvalue weighted by Gasteiger charge is -2.34. The van der Waals surface area contributed by atoms with Crippen LogP contribution in [0.5, 0.6) is 0 Å². The van der Waals surface area contributed by atoms with Gasteiger partial charge in [-0.15, -0.1) is 0 Å². The molecular formula is C11H19NO4. The van der Waals surface area contributed by atoms with Crippen LogP contribution in [-0.2, 0) is 9.59 Å². The van der Waals surface area contributed by atoms with Gasteiger partial charge < -0.3 is 15.1 Å². The first-order chi connectivity index (χ1) is 7.50. The number of carboxylic acids is 1. The Morgan fingerprint density at radius 1 is 1.38 bits per heavy atom. The predicted octanol–water partition coefficient (Wildman–Crippen LogP) is 0.471. The molecule has 0 aliphatic carbocycles. The summed E-state index contributed by atoms with van der Waals surface area (Å²) in [4.78, 5) is 23.7. The normalized spacial score (nSPS) is 25.5. The molecule has 0 aromatic carbocycles. The molecule has 1 heterocycles. The minimum Gasteiger partial charge on any atom is -0.481 e. The first-order valence-electron chi connectivity index (χ1n) is 5.68. The van der Waals surface area contributed by atoms with Crippen molar-refractivity contribution < 1.29 is 19.8 Å². The standard InChI is InChI=1S/C11H19NO4/c1-8-7-12(6-5-9(8)13)10(14)3-2-4-11(15)16/h8-9,13H,2-7H2,1H3,(H,15,16). The first-order valence-corrected chi connectivity index (χ1v) is 5.68. The van der Waals surface area contributed by atoms with Crippen molar-refractivity contribution in [2.75, 3.05) is 13.1 Å². The zero-order chi connectivity index (χ0) is 12.1. The lowest BCUT2D eigenvalue weighted by Crippen LogP contribution is -2.44. The van der Waals surface area contributed by atoms with Gasteiger partial charge in [0.05, 0.1) is 6.10 Å². The zero-order valence-corrected chi connectivity index (χ0v) is 9.56. The van der Waals surface area contributed by atoms with E-state index < -0.39 is 5.97 Å². The van der Waals surface area contributed by atoms with E-state index in [0.717, 1.165) is 0 Å². The molecule has 1 aliphatic rings. The van der Waals surface area contributed by atoms with E-state index in [4.69, 9.17) is 5.11 Å². The molecule has 92 valence electrons. The van der Waals surface area contributed by atoms with Crippen LogP contribution in [-0.4, -0.2) is 46.2 Å². The van der Waals surface area contributed by atoms with Gasteiger partial charge in [-0.25, -0.2) is 0 Å². The number of carbonyl (C=O) groups excluding carboxylic acids is 1. The van der Waals surface area contributed by atoms with E-state index in [1.54, 1.807) is 4.90 Å². The van der Waals surface area contributed by atoms with Gasteiger partial charge in [0.1, 0.15) is 0 Å². The first kappa shape index (κ1) is 13.0. The van der Waals surface area contributed by atoms with E-state index in [9.17, 15) is 14.7 Å². The van der Waals surface area contributed by atoms with Crippen LogP contribution in [0.2, 0.25) is 0 Å². The van der Waals surface area contributed by atoms with Crippen LogP contribution in [0.25, 0.3) is 0 Å². The molecule has 5 nitrogen and oxygen atoms in total. The van der Waals surface area contributed by atoms with E-state index in [0.29, 0.717) is 25.9 Å². The number of carbonyl (C=O) groups is 2. The van der Waals surface area contributed by atoms with E-state index >= 15 is 0 Å². The maximum atomic E-state index is 11.7. The Hall–Kier alpha value is -1.10. The van der Waals surface area contributed by atoms with E-state index in [1.165, 1.54) is 0 Å². The second-order valence-corrected chi connectivity index (χ2v) is 4.42. The highest BCUT2D eigenvalue weighted by Gasteiger charge is 2.26. The summed E-state index contributed by atoms with van der Waals surface area (Å²) in [5.41, 5.74) is 0. The number of nitrogens with zero attached hydrogens (tertiary/aromatic N) is 1. The van der Waals surface area contributed by atoms with Gasteiger partial charge in [0.15, 0.2) is 0 Å². The molecule has 1 aliphatic heterocycles. The molecule has 0 saturated carbocycles. The lowest BCUT2D eigenvalue weighted by atomic mass is 9.96. The topological polar surface area (TPSA) is 77.8 Å². The molecule has 0 aromatic heterocycles. The Balaban J connectivity index is 2.29. The number of aliphatic hydroxyl groups is 1. The average molecular weight is 229 g/mol. The Morgan fingerprint density at radius 3 is 2.62 bits per heavy atom. The molecule has 16 heavy (non-hydrogen) atoms. The Morgan fingerprint density at radius 2 is 2.06 bits per heavy atom. The number of likely N-dealkylation sites (tertiary alicyclic amines) is 1. The minimum atomic E-state index is -0.866. The van der Waals surface area contributed by atoms with Gasteiger partial charge in [-0.1, -0.05) is 6.92 Å². The summed E-state index contributed by atoms with van der Waals surface area (Å²) in [7, 11) is 0. The summed E-state index contributed by atoms with van der Waals surface area (Å²) in [6, 6.07) is 0. The fourth-order valence-electron chi connectivity index (χ4n) is 1.91. The molecule has 2 unspecified atom stereocenters. The van der Waals surface area contributed by atoms with Crippen molar-refractivity contribution in [2.24, 2.45) is 5.92 Å². The van der Waals surface area contributed by atoms with Crippen molar-refractivity contribution >= 4 is 11.9 Å². The van der Waals surface area contributed by atoms with Crippen molar-refractivity contribution in [2.45, 2.75) is 38.7 Å². The minimum absolute atomic E-state index is 0.000000000000000444. The van der Waals surface area contributed by atoms with Crippen molar-refractivity contribution in [3.05, 3.63) is 0 Å². The summed E-state index contributed by atoms with van der Waals surface area (Å²) in [5.74, 6) is -0.757. The molecule has 1 fully saturated rings. The van der Waals surface area contributed by atoms with Crippen LogP contribution in [0, 0.1) is 5.92 Å². The number of rotatable bonds is 4. The molecule has 0 radical (unpaired) electrons. The van der Waals surface area contributed by atoms with Gasteiger partial charge >= 0.3 is 5.97 Å². The largest absolute Gasteiger partial charge is 0.481 e. The molecule has 0 spiro atoms. The Bertz CT molecular complexity index is 267. The van der Waals surface area contributed by atoms with E-state index in [1.807, 2.05) is 6.92 Å². The van der Waals surface area contributed by atoms with Crippen molar-refractivity contribution in [1.29, 1.82) is 0 Å². The van der Waals surface area contributed by atoms with E-state index in [-0.39, 0.29) is 30.8 Å². The highest BCUT2D eigenvalue weighted by atomic mass is 16.4. The quantitative estimate of drug-likeness (QED) is 0.734. The lowest BCUT2D eigenvalue weighted by molar-refractivity contribution is -0.137. The Labute approximate surface area is 95.1 Å². The molecule has 1 saturated heterocycles. The van der Waals surface area contributed by atoms with Gasteiger partial charge in [-0.3, -0.25) is 9.59 Å². The van der Waals surface area contributed by atoms with Gasteiger partial charge in [0, 0.05) is 25.9 Å². The van der Waals surface area contributed by atoms with Crippen LogP contribution in [0.15, 0.2) is 0 Å². The number of hydrogen-bond acceptors (Lipinski definition) is 3. The van der Waals surface area contributed by atoms with Crippen molar-refractivity contribution in [3.8, 4) is 0 Å². The number of amides is 1. The second kappa shape index (κ2) is 5.84. The maximum Gasteiger partial charge on any atom is 0.303 e. The summed E-state index contributed by atoms with van der Waals surface area (Å²) < 4.78 is 0. The molecule has 5 heteroatoms. The van der Waals surface area contributed by atoms with E-state index in [2.05, 4.69) is 0 Å². The second-order valence-electron chi connectivity index (χ2n) is 4.42. The summed E-state index contributed by atoms with van der Waals surface area (Å²) in [6.45, 7) is 3.08. The molecule has 2 atom stereocenters. The van der Waals surface area contributed by atoms with Crippen LogP contribution >= 0.6 is 0 Å². The fraction of sp³-hybridized carbons (Fsp3) is 0.818. The number of carboxylic acid groups (broad SMARTS) is 1. The fourth-order valence-corrected chi connectivity index (χ4v) is 1.91. The summed E-state index contributed by atoms with van der Waals surface area (Å²) in [5, 5.41) is 18.0. The molecule has 1 amide bonds. The monoisotopic (exact) mass is 229 g/mol.